The second-order valence-corrected chi connectivity index (χ2v) is 6.83. The van der Waals surface area contributed by atoms with Crippen molar-refractivity contribution >= 4 is 22.4 Å². The number of thiazole rings is 1. The Morgan fingerprint density at radius 1 is 1.04 bits per heavy atom. The van der Waals surface area contributed by atoms with Gasteiger partial charge >= 0.3 is 0 Å². The van der Waals surface area contributed by atoms with E-state index in [0.29, 0.717) is 23.8 Å². The second kappa shape index (κ2) is 7.92. The Balaban J connectivity index is 1.44. The van der Waals surface area contributed by atoms with Gasteiger partial charge in [-0.2, -0.15) is 0 Å². The highest BCUT2D eigenvalue weighted by Gasteiger charge is 2.13. The van der Waals surface area contributed by atoms with Crippen LogP contribution in [0.3, 0.4) is 0 Å². The van der Waals surface area contributed by atoms with E-state index in [-0.39, 0.29) is 5.91 Å². The number of carbonyl (C=O) groups excluding carboxylic acids is 1. The van der Waals surface area contributed by atoms with Crippen LogP contribution in [0.2, 0.25) is 0 Å². The van der Waals surface area contributed by atoms with Crippen LogP contribution in [0.1, 0.15) is 27.4 Å². The van der Waals surface area contributed by atoms with Crippen molar-refractivity contribution in [2.24, 2.45) is 0 Å². The Morgan fingerprint density at radius 3 is 2.74 bits per heavy atom. The fourth-order valence-electron chi connectivity index (χ4n) is 2.74. The average molecular weight is 375 g/mol. The highest BCUT2D eigenvalue weighted by atomic mass is 32.1. The third-order valence-electron chi connectivity index (χ3n) is 4.03. The van der Waals surface area contributed by atoms with Gasteiger partial charge in [0, 0.05) is 48.8 Å². The van der Waals surface area contributed by atoms with Crippen LogP contribution in [0.4, 0.5) is 5.13 Å². The molecule has 4 heterocycles. The lowest BCUT2D eigenvalue weighted by molar-refractivity contribution is 0.101. The molecule has 0 aromatic carbocycles. The zero-order chi connectivity index (χ0) is 18.5. The Hall–Kier alpha value is -3.32. The number of aromatic nitrogens is 4. The molecule has 0 spiro atoms. The van der Waals surface area contributed by atoms with Gasteiger partial charge in [0.1, 0.15) is 5.69 Å². The average Bonchev–Trinajstić information content (AvgIpc) is 3.33. The molecule has 0 aliphatic heterocycles. The van der Waals surface area contributed by atoms with Crippen molar-refractivity contribution in [1.82, 2.24) is 19.5 Å². The molecule has 134 valence electrons. The highest BCUT2D eigenvalue weighted by Crippen LogP contribution is 2.19. The summed E-state index contributed by atoms with van der Waals surface area (Å²) in [5.74, 6) is -0.173. The first-order valence-corrected chi connectivity index (χ1v) is 9.35. The van der Waals surface area contributed by atoms with Crippen LogP contribution < -0.4 is 5.32 Å². The van der Waals surface area contributed by atoms with E-state index in [2.05, 4.69) is 20.3 Å². The van der Waals surface area contributed by atoms with E-state index in [0.717, 1.165) is 17.0 Å². The van der Waals surface area contributed by atoms with E-state index < -0.39 is 0 Å². The van der Waals surface area contributed by atoms with E-state index >= 15 is 0 Å². The molecule has 0 saturated carbocycles. The molecule has 1 N–H and O–H groups in total. The number of hydrogen-bond acceptors (Lipinski definition) is 5. The highest BCUT2D eigenvalue weighted by molar-refractivity contribution is 7.14. The molecule has 4 aromatic rings. The molecular formula is C20H17N5OS. The number of carbonyl (C=O) groups is 1. The zero-order valence-electron chi connectivity index (χ0n) is 14.4. The molecule has 0 bridgehead atoms. The van der Waals surface area contributed by atoms with Crippen LogP contribution in [0.25, 0.3) is 0 Å². The van der Waals surface area contributed by atoms with Gasteiger partial charge in [0.25, 0.3) is 5.91 Å². The van der Waals surface area contributed by atoms with Crippen molar-refractivity contribution in [1.29, 1.82) is 0 Å². The summed E-state index contributed by atoms with van der Waals surface area (Å²) >= 11 is 1.42. The number of amides is 1. The molecule has 0 radical (unpaired) electrons. The van der Waals surface area contributed by atoms with Gasteiger partial charge < -0.3 is 4.57 Å². The Bertz CT molecular complexity index is 1030. The number of anilines is 1. The lowest BCUT2D eigenvalue weighted by Crippen LogP contribution is -2.17. The molecule has 1 amide bonds. The maximum Gasteiger partial charge on any atom is 0.274 e. The first-order valence-electron chi connectivity index (χ1n) is 8.47. The summed E-state index contributed by atoms with van der Waals surface area (Å²) in [4.78, 5) is 25.5. The van der Waals surface area contributed by atoms with Crippen LogP contribution >= 0.6 is 11.3 Å². The Labute approximate surface area is 160 Å². The summed E-state index contributed by atoms with van der Waals surface area (Å²) in [6, 6.07) is 13.3. The first kappa shape index (κ1) is 17.1. The molecule has 0 unspecified atom stereocenters. The maximum atomic E-state index is 12.7. The van der Waals surface area contributed by atoms with Crippen molar-refractivity contribution in [3.05, 3.63) is 95.3 Å². The minimum absolute atomic E-state index is 0.173. The summed E-state index contributed by atoms with van der Waals surface area (Å²) in [5, 5.41) is 5.42. The molecule has 7 heteroatoms. The fraction of sp³-hybridized carbons (Fsp3) is 0.100. The van der Waals surface area contributed by atoms with Crippen LogP contribution in [0, 0.1) is 0 Å². The summed E-state index contributed by atoms with van der Waals surface area (Å²) < 4.78 is 1.91. The summed E-state index contributed by atoms with van der Waals surface area (Å²) in [5.41, 5.74) is 3.52. The Kier molecular flexibility index (Phi) is 5.02. The molecular weight excluding hydrogens is 358 g/mol. The molecule has 0 aliphatic rings. The van der Waals surface area contributed by atoms with E-state index in [1.54, 1.807) is 24.7 Å². The standard InChI is InChI=1S/C20H17N5OS/c26-19(18-5-3-11-25(18)13-15-6-9-21-10-7-15)24-20-23-17(14-27-20)12-16-4-1-2-8-22-16/h1-11,14H,12-13H2,(H,23,24,26). The second-order valence-electron chi connectivity index (χ2n) is 5.97. The van der Waals surface area contributed by atoms with Crippen LogP contribution in [-0.2, 0) is 13.0 Å². The number of nitrogens with one attached hydrogen (secondary N) is 1. The lowest BCUT2D eigenvalue weighted by atomic mass is 10.2. The largest absolute Gasteiger partial charge is 0.339 e. The molecule has 0 atom stereocenters. The minimum Gasteiger partial charge on any atom is -0.339 e. The normalized spacial score (nSPS) is 10.7. The van der Waals surface area contributed by atoms with Gasteiger partial charge in [-0.15, -0.1) is 11.3 Å². The van der Waals surface area contributed by atoms with Gasteiger partial charge in [-0.3, -0.25) is 20.1 Å². The smallest absolute Gasteiger partial charge is 0.274 e. The third-order valence-corrected chi connectivity index (χ3v) is 4.83. The van der Waals surface area contributed by atoms with Crippen molar-refractivity contribution in [2.75, 3.05) is 5.32 Å². The molecule has 4 rings (SSSR count). The van der Waals surface area contributed by atoms with Crippen LogP contribution in [0.15, 0.2) is 72.6 Å². The zero-order valence-corrected chi connectivity index (χ0v) is 15.3. The van der Waals surface area contributed by atoms with E-state index in [4.69, 9.17) is 0 Å². The fourth-order valence-corrected chi connectivity index (χ4v) is 3.44. The molecule has 0 saturated heterocycles. The van der Waals surface area contributed by atoms with Gasteiger partial charge in [-0.05, 0) is 42.0 Å². The number of rotatable bonds is 6. The molecule has 27 heavy (non-hydrogen) atoms. The maximum absolute atomic E-state index is 12.7. The van der Waals surface area contributed by atoms with E-state index in [1.807, 2.05) is 52.5 Å². The third kappa shape index (κ3) is 4.27. The summed E-state index contributed by atoms with van der Waals surface area (Å²) in [6.45, 7) is 0.612. The van der Waals surface area contributed by atoms with Crippen molar-refractivity contribution in [2.45, 2.75) is 13.0 Å². The molecule has 4 aromatic heterocycles. The minimum atomic E-state index is -0.173. The van der Waals surface area contributed by atoms with Gasteiger partial charge in [-0.1, -0.05) is 6.07 Å². The van der Waals surface area contributed by atoms with Crippen LogP contribution in [0.5, 0.6) is 0 Å². The monoisotopic (exact) mass is 375 g/mol. The molecule has 0 fully saturated rings. The molecule has 0 aliphatic carbocycles. The summed E-state index contributed by atoms with van der Waals surface area (Å²) in [7, 11) is 0. The van der Waals surface area contributed by atoms with Crippen molar-refractivity contribution < 1.29 is 4.79 Å². The van der Waals surface area contributed by atoms with Crippen molar-refractivity contribution in [3.63, 3.8) is 0 Å². The number of nitrogens with zero attached hydrogens (tertiary/aromatic N) is 4. The number of hydrogen-bond donors (Lipinski definition) is 1. The van der Waals surface area contributed by atoms with E-state index in [9.17, 15) is 4.79 Å². The first-order chi connectivity index (χ1) is 13.3. The van der Waals surface area contributed by atoms with E-state index in [1.165, 1.54) is 11.3 Å². The quantitative estimate of drug-likeness (QED) is 0.559. The molecule has 6 nitrogen and oxygen atoms in total. The predicted molar refractivity (Wildman–Crippen MR) is 105 cm³/mol. The van der Waals surface area contributed by atoms with Crippen LogP contribution in [-0.4, -0.2) is 25.4 Å². The lowest BCUT2D eigenvalue weighted by Gasteiger charge is -2.08. The summed E-state index contributed by atoms with van der Waals surface area (Å²) in [6.07, 6.45) is 7.80. The topological polar surface area (TPSA) is 72.7 Å². The Morgan fingerprint density at radius 2 is 1.93 bits per heavy atom. The SMILES string of the molecule is O=C(Nc1nc(Cc2ccccn2)cs1)c1cccn1Cc1ccncc1. The van der Waals surface area contributed by atoms with Gasteiger partial charge in [0.15, 0.2) is 5.13 Å². The van der Waals surface area contributed by atoms with Gasteiger partial charge in [0.2, 0.25) is 0 Å². The van der Waals surface area contributed by atoms with Crippen molar-refractivity contribution in [3.8, 4) is 0 Å². The number of pyridine rings is 2. The van der Waals surface area contributed by atoms with Gasteiger partial charge in [-0.25, -0.2) is 4.98 Å². The predicted octanol–water partition coefficient (Wildman–Crippen LogP) is 3.63. The van der Waals surface area contributed by atoms with Gasteiger partial charge in [0.05, 0.1) is 5.69 Å².